The second-order valence-corrected chi connectivity index (χ2v) is 10.1. The number of carbonyl (C=O) groups excluding carboxylic acids is 1. The Bertz CT molecular complexity index is 1290. The molecule has 0 atom stereocenters. The minimum Gasteiger partial charge on any atom is -0.493 e. The molecule has 2 fully saturated rings. The number of hydrogen-bond acceptors (Lipinski definition) is 4. The molecule has 4 nitrogen and oxygen atoms in total. The van der Waals surface area contributed by atoms with Crippen molar-refractivity contribution in [1.82, 2.24) is 4.90 Å². The van der Waals surface area contributed by atoms with E-state index in [0.29, 0.717) is 6.61 Å². The maximum absolute atomic E-state index is 13.8. The van der Waals surface area contributed by atoms with Crippen molar-refractivity contribution in [2.75, 3.05) is 6.61 Å². The molecule has 5 rings (SSSR count). The monoisotopic (exact) mass is 484 g/mol. The molecule has 35 heavy (non-hydrogen) atoms. The lowest BCUT2D eigenvalue weighted by atomic mass is 9.94. The zero-order valence-corrected chi connectivity index (χ0v) is 21.3. The Morgan fingerprint density at radius 3 is 2.49 bits per heavy atom. The first-order valence-corrected chi connectivity index (χ1v) is 13.6. The predicted molar refractivity (Wildman–Crippen MR) is 147 cm³/mol. The second kappa shape index (κ2) is 10.7. The van der Waals surface area contributed by atoms with Gasteiger partial charge in [-0.3, -0.25) is 9.69 Å². The Hall–Kier alpha value is -3.05. The van der Waals surface area contributed by atoms with Crippen LogP contribution in [0.3, 0.4) is 0 Å². The highest BCUT2D eigenvalue weighted by molar-refractivity contribution is 8.18. The van der Waals surface area contributed by atoms with Crippen LogP contribution in [0.5, 0.6) is 5.75 Å². The molecule has 0 radical (unpaired) electrons. The van der Waals surface area contributed by atoms with Crippen molar-refractivity contribution in [2.24, 2.45) is 4.99 Å². The van der Waals surface area contributed by atoms with Gasteiger partial charge in [0, 0.05) is 11.4 Å². The van der Waals surface area contributed by atoms with Gasteiger partial charge >= 0.3 is 0 Å². The Labute approximate surface area is 212 Å². The molecule has 3 aromatic carbocycles. The number of amides is 1. The quantitative estimate of drug-likeness (QED) is 0.336. The minimum atomic E-state index is 0.0765. The fourth-order valence-corrected chi connectivity index (χ4v) is 6.13. The van der Waals surface area contributed by atoms with Crippen molar-refractivity contribution in [1.29, 1.82) is 0 Å². The van der Waals surface area contributed by atoms with E-state index in [0.717, 1.165) is 57.1 Å². The molecule has 1 aliphatic heterocycles. The number of amidine groups is 1. The predicted octanol–water partition coefficient (Wildman–Crippen LogP) is 7.74. The molecule has 0 aromatic heterocycles. The molecule has 1 saturated carbocycles. The molecule has 0 spiro atoms. The minimum absolute atomic E-state index is 0.0765. The summed E-state index contributed by atoms with van der Waals surface area (Å²) >= 11 is 1.51. The van der Waals surface area contributed by atoms with Crippen LogP contribution < -0.4 is 4.74 Å². The summed E-state index contributed by atoms with van der Waals surface area (Å²) in [5, 5.41) is 2.96. The molecule has 1 heterocycles. The van der Waals surface area contributed by atoms with Crippen LogP contribution in [0, 0.1) is 0 Å². The highest BCUT2D eigenvalue weighted by Gasteiger charge is 2.38. The number of ether oxygens (including phenoxy) is 1. The van der Waals surface area contributed by atoms with Crippen LogP contribution in [0.4, 0.5) is 5.69 Å². The smallest absolute Gasteiger partial charge is 0.267 e. The van der Waals surface area contributed by atoms with Crippen molar-refractivity contribution >= 4 is 45.4 Å². The molecule has 1 aliphatic carbocycles. The highest BCUT2D eigenvalue weighted by atomic mass is 32.2. The number of nitrogens with zero attached hydrogens (tertiary/aromatic N) is 2. The summed E-state index contributed by atoms with van der Waals surface area (Å²) in [6, 6.07) is 20.8. The average Bonchev–Trinajstić information content (AvgIpc) is 3.20. The van der Waals surface area contributed by atoms with Gasteiger partial charge in [-0.05, 0) is 72.7 Å². The van der Waals surface area contributed by atoms with Gasteiger partial charge in [0.2, 0.25) is 0 Å². The summed E-state index contributed by atoms with van der Waals surface area (Å²) in [5.41, 5.74) is 3.18. The number of fused-ring (bicyclic) bond motifs is 1. The van der Waals surface area contributed by atoms with Crippen molar-refractivity contribution in [2.45, 2.75) is 58.4 Å². The number of benzene rings is 3. The number of aryl methyl sites for hydroxylation is 1. The van der Waals surface area contributed by atoms with E-state index in [4.69, 9.17) is 9.73 Å². The van der Waals surface area contributed by atoms with Crippen molar-refractivity contribution in [3.63, 3.8) is 0 Å². The Balaban J connectivity index is 1.57. The van der Waals surface area contributed by atoms with Crippen LogP contribution in [0.25, 0.3) is 16.8 Å². The lowest BCUT2D eigenvalue weighted by Gasteiger charge is -2.30. The first kappa shape index (κ1) is 23.7. The maximum Gasteiger partial charge on any atom is 0.267 e. The van der Waals surface area contributed by atoms with Gasteiger partial charge in [0.25, 0.3) is 5.91 Å². The molecule has 2 aliphatic rings. The van der Waals surface area contributed by atoms with Crippen LogP contribution in [-0.4, -0.2) is 28.6 Å². The first-order chi connectivity index (χ1) is 17.2. The van der Waals surface area contributed by atoms with E-state index in [1.807, 2.05) is 42.2 Å². The van der Waals surface area contributed by atoms with Crippen LogP contribution in [0.1, 0.15) is 57.1 Å². The molecule has 1 saturated heterocycles. The summed E-state index contributed by atoms with van der Waals surface area (Å²) in [5.74, 6) is 0.950. The van der Waals surface area contributed by atoms with Gasteiger partial charge in [0.1, 0.15) is 5.75 Å². The molecule has 5 heteroatoms. The van der Waals surface area contributed by atoms with Gasteiger partial charge in [-0.25, -0.2) is 4.99 Å². The summed E-state index contributed by atoms with van der Waals surface area (Å²) in [6.45, 7) is 4.76. The van der Waals surface area contributed by atoms with E-state index in [1.54, 1.807) is 0 Å². The normalized spacial score (nSPS) is 19.3. The van der Waals surface area contributed by atoms with E-state index in [1.165, 1.54) is 36.6 Å². The Morgan fingerprint density at radius 2 is 1.71 bits per heavy atom. The fourth-order valence-electron chi connectivity index (χ4n) is 5.09. The summed E-state index contributed by atoms with van der Waals surface area (Å²) in [7, 11) is 0. The number of rotatable bonds is 6. The van der Waals surface area contributed by atoms with E-state index < -0.39 is 0 Å². The second-order valence-electron chi connectivity index (χ2n) is 9.09. The van der Waals surface area contributed by atoms with E-state index in [9.17, 15) is 4.79 Å². The molecule has 0 N–H and O–H groups in total. The number of hydrogen-bond donors (Lipinski definition) is 0. The van der Waals surface area contributed by atoms with Crippen molar-refractivity contribution < 1.29 is 9.53 Å². The van der Waals surface area contributed by atoms with Crippen molar-refractivity contribution in [3.8, 4) is 5.75 Å². The third-order valence-electron chi connectivity index (χ3n) is 6.87. The zero-order chi connectivity index (χ0) is 24.2. The number of para-hydroxylation sites is 1. The number of thioether (sulfide) groups is 1. The maximum atomic E-state index is 13.8. The molecule has 180 valence electrons. The number of aliphatic imine (C=N–C) groups is 1. The summed E-state index contributed by atoms with van der Waals surface area (Å²) in [4.78, 5) is 21.6. The van der Waals surface area contributed by atoms with E-state index in [-0.39, 0.29) is 11.9 Å². The lowest BCUT2D eigenvalue weighted by molar-refractivity contribution is -0.124. The van der Waals surface area contributed by atoms with Gasteiger partial charge in [0.15, 0.2) is 5.17 Å². The van der Waals surface area contributed by atoms with E-state index in [2.05, 4.69) is 43.3 Å². The summed E-state index contributed by atoms with van der Waals surface area (Å²) < 4.78 is 5.85. The topological polar surface area (TPSA) is 41.9 Å². The largest absolute Gasteiger partial charge is 0.493 e. The van der Waals surface area contributed by atoms with Crippen LogP contribution in [0.15, 0.2) is 70.6 Å². The summed E-state index contributed by atoms with van der Waals surface area (Å²) in [6.07, 6.45) is 8.61. The van der Waals surface area contributed by atoms with Gasteiger partial charge in [0.05, 0.1) is 17.2 Å². The van der Waals surface area contributed by atoms with Crippen LogP contribution in [0.2, 0.25) is 0 Å². The van der Waals surface area contributed by atoms with Gasteiger partial charge in [-0.15, -0.1) is 0 Å². The van der Waals surface area contributed by atoms with Crippen LogP contribution >= 0.6 is 11.8 Å². The third kappa shape index (κ3) is 4.87. The van der Waals surface area contributed by atoms with E-state index >= 15 is 0 Å². The van der Waals surface area contributed by atoms with Crippen molar-refractivity contribution in [3.05, 3.63) is 76.7 Å². The molecule has 0 unspecified atom stereocenters. The highest BCUT2D eigenvalue weighted by Crippen LogP contribution is 2.40. The number of carbonyl (C=O) groups is 1. The SMILES string of the molecule is CCOc1ccc(C=C2SC(=Nc3ccccc3CC)N(C3CCCCC3)C2=O)c2ccccc12. The average molecular weight is 485 g/mol. The van der Waals surface area contributed by atoms with Crippen LogP contribution in [-0.2, 0) is 11.2 Å². The standard InChI is InChI=1S/C30H32N2O2S/c1-3-21-12-8-11-17-26(21)31-30-32(23-13-6-5-7-14-23)29(33)28(35-30)20-22-18-19-27(34-4-2)25-16-10-9-15-24(22)25/h8-12,15-20,23H,3-7,13-14H2,1-2H3. The fraction of sp³-hybridized carbons (Fsp3) is 0.333. The molecule has 3 aromatic rings. The molecule has 1 amide bonds. The van der Waals surface area contributed by atoms with Gasteiger partial charge < -0.3 is 4.74 Å². The van der Waals surface area contributed by atoms with Gasteiger partial charge in [-0.2, -0.15) is 0 Å². The molecule has 0 bridgehead atoms. The lowest BCUT2D eigenvalue weighted by Crippen LogP contribution is -2.40. The molecular formula is C30H32N2O2S. The first-order valence-electron chi connectivity index (χ1n) is 12.7. The Kier molecular flexibility index (Phi) is 7.24. The van der Waals surface area contributed by atoms with Gasteiger partial charge in [-0.1, -0.05) is 74.7 Å². The molecular weight excluding hydrogens is 452 g/mol. The third-order valence-corrected chi connectivity index (χ3v) is 7.85. The zero-order valence-electron chi connectivity index (χ0n) is 20.5. The Morgan fingerprint density at radius 1 is 0.971 bits per heavy atom.